The van der Waals surface area contributed by atoms with Crippen molar-refractivity contribution in [2.24, 2.45) is 0 Å². The average Bonchev–Trinajstić information content (AvgIpc) is 2.49. The first-order valence-corrected chi connectivity index (χ1v) is 7.42. The summed E-state index contributed by atoms with van der Waals surface area (Å²) in [6.07, 6.45) is 5.24. The van der Waals surface area contributed by atoms with Crippen LogP contribution in [-0.2, 0) is 4.79 Å². The summed E-state index contributed by atoms with van der Waals surface area (Å²) in [6.45, 7) is 2.05. The van der Waals surface area contributed by atoms with Gasteiger partial charge >= 0.3 is 0 Å². The molecule has 1 aliphatic rings. The second-order valence-corrected chi connectivity index (χ2v) is 5.82. The maximum absolute atomic E-state index is 12.2. The van der Waals surface area contributed by atoms with Gasteiger partial charge in [-0.1, -0.05) is 56.5 Å². The number of nitriles is 1. The van der Waals surface area contributed by atoms with Gasteiger partial charge in [-0.15, -0.1) is 0 Å². The van der Waals surface area contributed by atoms with Crippen molar-refractivity contribution in [1.29, 1.82) is 5.26 Å². The molecule has 1 saturated carbocycles. The number of nitrogens with zero attached hydrogens (tertiary/aromatic N) is 1. The minimum Gasteiger partial charge on any atom is -0.338 e. The van der Waals surface area contributed by atoms with Crippen LogP contribution in [0.4, 0.5) is 0 Å². The first-order valence-electron chi connectivity index (χ1n) is 7.42. The second-order valence-electron chi connectivity index (χ2n) is 5.82. The lowest BCUT2D eigenvalue weighted by atomic mass is 9.82. The number of carbonyl (C=O) groups excluding carboxylic acids is 1. The van der Waals surface area contributed by atoms with Gasteiger partial charge < -0.3 is 5.32 Å². The van der Waals surface area contributed by atoms with Crippen molar-refractivity contribution in [3.05, 3.63) is 35.9 Å². The van der Waals surface area contributed by atoms with Crippen LogP contribution in [0.2, 0.25) is 0 Å². The Kier molecular flexibility index (Phi) is 4.79. The minimum absolute atomic E-state index is 0.00944. The van der Waals surface area contributed by atoms with Gasteiger partial charge in [0.05, 0.1) is 6.07 Å². The molecule has 1 fully saturated rings. The van der Waals surface area contributed by atoms with Gasteiger partial charge in [-0.25, -0.2) is 0 Å². The Hall–Kier alpha value is -1.82. The number of benzene rings is 1. The van der Waals surface area contributed by atoms with Crippen LogP contribution < -0.4 is 5.32 Å². The van der Waals surface area contributed by atoms with E-state index in [0.29, 0.717) is 6.42 Å². The molecule has 1 amide bonds. The summed E-state index contributed by atoms with van der Waals surface area (Å²) in [5, 5.41) is 12.4. The summed E-state index contributed by atoms with van der Waals surface area (Å²) in [5.41, 5.74) is 0.545. The Morgan fingerprint density at radius 1 is 1.30 bits per heavy atom. The monoisotopic (exact) mass is 270 g/mol. The smallest absolute Gasteiger partial charge is 0.221 e. The van der Waals surface area contributed by atoms with E-state index in [-0.39, 0.29) is 11.8 Å². The third kappa shape index (κ3) is 3.60. The van der Waals surface area contributed by atoms with Crippen molar-refractivity contribution in [3.8, 4) is 6.07 Å². The Morgan fingerprint density at radius 3 is 2.55 bits per heavy atom. The van der Waals surface area contributed by atoms with E-state index in [1.54, 1.807) is 0 Å². The zero-order valence-electron chi connectivity index (χ0n) is 12.1. The minimum atomic E-state index is -0.619. The zero-order chi connectivity index (χ0) is 14.4. The van der Waals surface area contributed by atoms with Crippen molar-refractivity contribution in [1.82, 2.24) is 5.32 Å². The molecule has 1 N–H and O–H groups in total. The lowest BCUT2D eigenvalue weighted by Crippen LogP contribution is -2.48. The first-order chi connectivity index (χ1) is 9.65. The molecule has 0 heterocycles. The third-order valence-electron chi connectivity index (χ3n) is 4.16. The quantitative estimate of drug-likeness (QED) is 0.910. The maximum atomic E-state index is 12.2. The fourth-order valence-corrected chi connectivity index (χ4v) is 2.92. The Bertz CT molecular complexity index is 483. The van der Waals surface area contributed by atoms with Gasteiger partial charge in [-0.05, 0) is 24.3 Å². The molecule has 1 unspecified atom stereocenters. The molecule has 0 aliphatic heterocycles. The van der Waals surface area contributed by atoms with Crippen molar-refractivity contribution in [2.45, 2.75) is 56.9 Å². The molecular formula is C17H22N2O. The van der Waals surface area contributed by atoms with Gasteiger partial charge in [0.25, 0.3) is 0 Å². The van der Waals surface area contributed by atoms with E-state index in [0.717, 1.165) is 31.2 Å². The highest BCUT2D eigenvalue weighted by atomic mass is 16.1. The van der Waals surface area contributed by atoms with Crippen molar-refractivity contribution in [2.75, 3.05) is 0 Å². The molecule has 0 bridgehead atoms. The lowest BCUT2D eigenvalue weighted by molar-refractivity contribution is -0.123. The highest BCUT2D eigenvalue weighted by Crippen LogP contribution is 2.28. The molecule has 1 aromatic carbocycles. The first kappa shape index (κ1) is 14.6. The number of hydrogen-bond acceptors (Lipinski definition) is 2. The van der Waals surface area contributed by atoms with Crippen LogP contribution in [-0.4, -0.2) is 11.4 Å². The predicted octanol–water partition coefficient (Wildman–Crippen LogP) is 3.52. The molecule has 0 aromatic heterocycles. The Morgan fingerprint density at radius 2 is 1.95 bits per heavy atom. The van der Waals surface area contributed by atoms with Crippen LogP contribution in [0, 0.1) is 11.3 Å². The summed E-state index contributed by atoms with van der Waals surface area (Å²) in [7, 11) is 0. The van der Waals surface area contributed by atoms with Crippen LogP contribution in [0.1, 0.15) is 56.9 Å². The third-order valence-corrected chi connectivity index (χ3v) is 4.16. The number of hydrogen-bond donors (Lipinski definition) is 1. The Balaban J connectivity index is 1.93. The lowest BCUT2D eigenvalue weighted by Gasteiger charge is -2.31. The topological polar surface area (TPSA) is 52.9 Å². The van der Waals surface area contributed by atoms with Crippen LogP contribution >= 0.6 is 0 Å². The molecule has 1 aliphatic carbocycles. The molecule has 2 rings (SSSR count). The van der Waals surface area contributed by atoms with Gasteiger partial charge in [-0.2, -0.15) is 5.26 Å². The normalized spacial score (nSPS) is 18.8. The zero-order valence-corrected chi connectivity index (χ0v) is 12.1. The SMILES string of the molecule is CC(CC(=O)NC1(C#N)CCCCC1)c1ccccc1. The van der Waals surface area contributed by atoms with Crippen LogP contribution in [0.25, 0.3) is 0 Å². The summed E-state index contributed by atoms with van der Waals surface area (Å²) < 4.78 is 0. The molecule has 106 valence electrons. The summed E-state index contributed by atoms with van der Waals surface area (Å²) in [5.74, 6) is 0.167. The standard InChI is InChI=1S/C17H22N2O/c1-14(15-8-4-2-5-9-15)12-16(20)19-17(13-18)10-6-3-7-11-17/h2,4-5,8-9,14H,3,6-7,10-12H2,1H3,(H,19,20). The van der Waals surface area contributed by atoms with Crippen LogP contribution in [0.15, 0.2) is 30.3 Å². The van der Waals surface area contributed by atoms with Crippen LogP contribution in [0.3, 0.4) is 0 Å². The molecule has 1 aromatic rings. The van der Waals surface area contributed by atoms with E-state index >= 15 is 0 Å². The van der Waals surface area contributed by atoms with E-state index < -0.39 is 5.54 Å². The molecule has 20 heavy (non-hydrogen) atoms. The fraction of sp³-hybridized carbons (Fsp3) is 0.529. The Labute approximate surface area is 121 Å². The highest BCUT2D eigenvalue weighted by Gasteiger charge is 2.33. The molecule has 3 nitrogen and oxygen atoms in total. The van der Waals surface area contributed by atoms with E-state index in [1.165, 1.54) is 6.42 Å². The number of nitrogens with one attached hydrogen (secondary N) is 1. The molecular weight excluding hydrogens is 248 g/mol. The second kappa shape index (κ2) is 6.56. The van der Waals surface area contributed by atoms with Gasteiger partial charge in [0, 0.05) is 6.42 Å². The predicted molar refractivity (Wildman–Crippen MR) is 79.0 cm³/mol. The van der Waals surface area contributed by atoms with E-state index in [1.807, 2.05) is 30.3 Å². The van der Waals surface area contributed by atoms with Gasteiger partial charge in [-0.3, -0.25) is 4.79 Å². The van der Waals surface area contributed by atoms with Crippen LogP contribution in [0.5, 0.6) is 0 Å². The molecule has 0 radical (unpaired) electrons. The number of carbonyl (C=O) groups is 1. The average molecular weight is 270 g/mol. The van der Waals surface area contributed by atoms with Crippen molar-refractivity contribution in [3.63, 3.8) is 0 Å². The van der Waals surface area contributed by atoms with Gasteiger partial charge in [0.1, 0.15) is 5.54 Å². The summed E-state index contributed by atoms with van der Waals surface area (Å²) in [4.78, 5) is 12.2. The number of amides is 1. The van der Waals surface area contributed by atoms with Crippen molar-refractivity contribution >= 4 is 5.91 Å². The molecule has 3 heteroatoms. The van der Waals surface area contributed by atoms with Gasteiger partial charge in [0.2, 0.25) is 5.91 Å². The molecule has 0 saturated heterocycles. The largest absolute Gasteiger partial charge is 0.338 e. The maximum Gasteiger partial charge on any atom is 0.221 e. The van der Waals surface area contributed by atoms with Crippen molar-refractivity contribution < 1.29 is 4.79 Å². The molecule has 1 atom stereocenters. The van der Waals surface area contributed by atoms with E-state index in [9.17, 15) is 10.1 Å². The summed E-state index contributed by atoms with van der Waals surface area (Å²) >= 11 is 0. The fourth-order valence-electron chi connectivity index (χ4n) is 2.92. The van der Waals surface area contributed by atoms with E-state index in [4.69, 9.17) is 0 Å². The highest BCUT2D eigenvalue weighted by molar-refractivity contribution is 5.78. The van der Waals surface area contributed by atoms with Gasteiger partial charge in [0.15, 0.2) is 0 Å². The number of rotatable bonds is 4. The molecule has 0 spiro atoms. The summed E-state index contributed by atoms with van der Waals surface area (Å²) in [6, 6.07) is 12.4. The van der Waals surface area contributed by atoms with E-state index in [2.05, 4.69) is 18.3 Å².